The minimum absolute atomic E-state index is 0.560. The molecule has 1 N–H and O–H groups in total. The fourth-order valence-electron chi connectivity index (χ4n) is 2.39. The maximum atomic E-state index is 6.06. The first-order valence-corrected chi connectivity index (χ1v) is 6.50. The Morgan fingerprint density at radius 2 is 2.12 bits per heavy atom. The summed E-state index contributed by atoms with van der Waals surface area (Å²) in [5, 5.41) is 4.56. The SMILES string of the molecule is Clc1cnc(NCC2(C3CC3)CC2)c(Cl)c1. The van der Waals surface area contributed by atoms with Gasteiger partial charge in [0, 0.05) is 12.7 Å². The Labute approximate surface area is 105 Å². The van der Waals surface area contributed by atoms with E-state index < -0.39 is 0 Å². The Hall–Kier alpha value is -0.470. The highest BCUT2D eigenvalue weighted by molar-refractivity contribution is 6.35. The molecule has 3 rings (SSSR count). The van der Waals surface area contributed by atoms with Crippen molar-refractivity contribution in [1.29, 1.82) is 0 Å². The van der Waals surface area contributed by atoms with Crippen LogP contribution in [0.5, 0.6) is 0 Å². The predicted molar refractivity (Wildman–Crippen MR) is 67.1 cm³/mol. The summed E-state index contributed by atoms with van der Waals surface area (Å²) < 4.78 is 0. The molecular formula is C12H14Cl2N2. The largest absolute Gasteiger partial charge is 0.368 e. The average molecular weight is 257 g/mol. The molecule has 1 heterocycles. The lowest BCUT2D eigenvalue weighted by molar-refractivity contribution is 0.466. The van der Waals surface area contributed by atoms with Crippen LogP contribution in [0.15, 0.2) is 12.3 Å². The van der Waals surface area contributed by atoms with Crippen molar-refractivity contribution >= 4 is 29.0 Å². The van der Waals surface area contributed by atoms with E-state index in [1.54, 1.807) is 12.3 Å². The van der Waals surface area contributed by atoms with Crippen LogP contribution in [0.4, 0.5) is 5.82 Å². The minimum atomic E-state index is 0.560. The van der Waals surface area contributed by atoms with Gasteiger partial charge in [0.05, 0.1) is 10.0 Å². The summed E-state index contributed by atoms with van der Waals surface area (Å²) in [5.41, 5.74) is 0.560. The van der Waals surface area contributed by atoms with E-state index >= 15 is 0 Å². The average Bonchev–Trinajstić information content (AvgIpc) is 3.11. The van der Waals surface area contributed by atoms with E-state index in [2.05, 4.69) is 10.3 Å². The summed E-state index contributed by atoms with van der Waals surface area (Å²) in [6.07, 6.45) is 7.16. The van der Waals surface area contributed by atoms with Crippen molar-refractivity contribution in [3.8, 4) is 0 Å². The Morgan fingerprint density at radius 1 is 1.38 bits per heavy atom. The van der Waals surface area contributed by atoms with Gasteiger partial charge in [0.1, 0.15) is 5.82 Å². The maximum absolute atomic E-state index is 6.06. The Kier molecular flexibility index (Phi) is 2.52. The number of nitrogens with one attached hydrogen (secondary N) is 1. The first-order valence-electron chi connectivity index (χ1n) is 5.75. The molecule has 2 aliphatic carbocycles. The van der Waals surface area contributed by atoms with Gasteiger partial charge in [-0.05, 0) is 43.1 Å². The normalized spacial score (nSPS) is 21.9. The van der Waals surface area contributed by atoms with Gasteiger partial charge in [0.15, 0.2) is 0 Å². The van der Waals surface area contributed by atoms with Crippen LogP contribution >= 0.6 is 23.2 Å². The number of hydrogen-bond donors (Lipinski definition) is 1. The molecule has 0 spiro atoms. The van der Waals surface area contributed by atoms with Gasteiger partial charge in [-0.25, -0.2) is 4.98 Å². The van der Waals surface area contributed by atoms with Crippen LogP contribution in [0, 0.1) is 11.3 Å². The van der Waals surface area contributed by atoms with Gasteiger partial charge in [-0.15, -0.1) is 0 Å². The second-order valence-electron chi connectivity index (χ2n) is 4.97. The Morgan fingerprint density at radius 3 is 2.69 bits per heavy atom. The quantitative estimate of drug-likeness (QED) is 0.882. The number of rotatable bonds is 4. The molecule has 0 bridgehead atoms. The fourth-order valence-corrected chi connectivity index (χ4v) is 2.84. The van der Waals surface area contributed by atoms with Crippen LogP contribution in [0.25, 0.3) is 0 Å². The molecular weight excluding hydrogens is 243 g/mol. The van der Waals surface area contributed by atoms with Crippen LogP contribution in [0.3, 0.4) is 0 Å². The number of aromatic nitrogens is 1. The second-order valence-corrected chi connectivity index (χ2v) is 5.82. The molecule has 0 aromatic carbocycles. The van der Waals surface area contributed by atoms with Crippen molar-refractivity contribution in [2.75, 3.05) is 11.9 Å². The molecule has 0 radical (unpaired) electrons. The highest BCUT2D eigenvalue weighted by Gasteiger charge is 2.53. The Balaban J connectivity index is 1.66. The number of hydrogen-bond acceptors (Lipinski definition) is 2. The number of anilines is 1. The summed E-state index contributed by atoms with van der Waals surface area (Å²) in [4.78, 5) is 4.21. The molecule has 0 aliphatic heterocycles. The summed E-state index contributed by atoms with van der Waals surface area (Å²) in [6, 6.07) is 1.73. The number of halogens is 2. The van der Waals surface area contributed by atoms with Crippen LogP contribution in [0.1, 0.15) is 25.7 Å². The van der Waals surface area contributed by atoms with E-state index in [9.17, 15) is 0 Å². The molecule has 2 saturated carbocycles. The van der Waals surface area contributed by atoms with E-state index in [0.29, 0.717) is 15.5 Å². The van der Waals surface area contributed by atoms with E-state index in [4.69, 9.17) is 23.2 Å². The maximum Gasteiger partial charge on any atom is 0.144 e. The van der Waals surface area contributed by atoms with Gasteiger partial charge in [-0.1, -0.05) is 23.2 Å². The zero-order chi connectivity index (χ0) is 11.2. The molecule has 16 heavy (non-hydrogen) atoms. The van der Waals surface area contributed by atoms with Gasteiger partial charge >= 0.3 is 0 Å². The molecule has 4 heteroatoms. The van der Waals surface area contributed by atoms with Gasteiger partial charge in [-0.3, -0.25) is 0 Å². The van der Waals surface area contributed by atoms with Crippen molar-refractivity contribution < 1.29 is 0 Å². The van der Waals surface area contributed by atoms with Crippen LogP contribution in [0.2, 0.25) is 10.0 Å². The monoisotopic (exact) mass is 256 g/mol. The van der Waals surface area contributed by atoms with Crippen LogP contribution < -0.4 is 5.32 Å². The van der Waals surface area contributed by atoms with E-state index in [-0.39, 0.29) is 0 Å². The zero-order valence-electron chi connectivity index (χ0n) is 8.97. The van der Waals surface area contributed by atoms with Gasteiger partial charge in [-0.2, -0.15) is 0 Å². The van der Waals surface area contributed by atoms with Gasteiger partial charge in [0.2, 0.25) is 0 Å². The third kappa shape index (κ3) is 2.01. The highest BCUT2D eigenvalue weighted by atomic mass is 35.5. The van der Waals surface area contributed by atoms with E-state index in [0.717, 1.165) is 18.3 Å². The van der Waals surface area contributed by atoms with Crippen LogP contribution in [-0.2, 0) is 0 Å². The predicted octanol–water partition coefficient (Wildman–Crippen LogP) is 3.99. The molecule has 0 saturated heterocycles. The number of nitrogens with zero attached hydrogens (tertiary/aromatic N) is 1. The van der Waals surface area contributed by atoms with Crippen molar-refractivity contribution in [3.05, 3.63) is 22.3 Å². The molecule has 0 atom stereocenters. The highest BCUT2D eigenvalue weighted by Crippen LogP contribution is 2.61. The standard InChI is InChI=1S/C12H14Cl2N2/c13-9-5-10(14)11(15-6-9)16-7-12(3-4-12)8-1-2-8/h5-6,8H,1-4,7H2,(H,15,16). The third-order valence-electron chi connectivity index (χ3n) is 3.75. The molecule has 2 aliphatic rings. The summed E-state index contributed by atoms with van der Waals surface area (Å²) in [7, 11) is 0. The lowest BCUT2D eigenvalue weighted by atomic mass is 10.0. The smallest absolute Gasteiger partial charge is 0.144 e. The molecule has 0 amide bonds. The lowest BCUT2D eigenvalue weighted by Gasteiger charge is -2.16. The van der Waals surface area contributed by atoms with Crippen molar-refractivity contribution in [2.24, 2.45) is 11.3 Å². The van der Waals surface area contributed by atoms with E-state index in [1.807, 2.05) is 0 Å². The van der Waals surface area contributed by atoms with Gasteiger partial charge < -0.3 is 5.32 Å². The molecule has 1 aromatic heterocycles. The molecule has 1 aromatic rings. The lowest BCUT2D eigenvalue weighted by Crippen LogP contribution is -2.18. The summed E-state index contributed by atoms with van der Waals surface area (Å²) in [6.45, 7) is 1.01. The first kappa shape index (κ1) is 10.7. The number of pyridine rings is 1. The van der Waals surface area contributed by atoms with Gasteiger partial charge in [0.25, 0.3) is 0 Å². The Bertz CT molecular complexity index is 411. The van der Waals surface area contributed by atoms with Crippen molar-refractivity contribution in [2.45, 2.75) is 25.7 Å². The van der Waals surface area contributed by atoms with Crippen molar-refractivity contribution in [3.63, 3.8) is 0 Å². The van der Waals surface area contributed by atoms with Crippen molar-refractivity contribution in [1.82, 2.24) is 4.98 Å². The summed E-state index contributed by atoms with van der Waals surface area (Å²) >= 11 is 11.9. The summed E-state index contributed by atoms with van der Waals surface area (Å²) in [5.74, 6) is 1.71. The molecule has 0 unspecified atom stereocenters. The zero-order valence-corrected chi connectivity index (χ0v) is 10.5. The second kappa shape index (κ2) is 3.78. The molecule has 2 nitrogen and oxygen atoms in total. The molecule has 86 valence electrons. The fraction of sp³-hybridized carbons (Fsp3) is 0.583. The molecule has 2 fully saturated rings. The van der Waals surface area contributed by atoms with E-state index in [1.165, 1.54) is 25.7 Å². The topological polar surface area (TPSA) is 24.9 Å². The van der Waals surface area contributed by atoms with Crippen LogP contribution in [-0.4, -0.2) is 11.5 Å². The first-order chi connectivity index (χ1) is 7.70. The minimum Gasteiger partial charge on any atom is -0.368 e. The third-order valence-corrected chi connectivity index (χ3v) is 4.25.